The molecule has 2 aromatic rings. The Bertz CT molecular complexity index is 782. The first-order valence-electron chi connectivity index (χ1n) is 7.85. The average molecular weight is 338 g/mol. The monoisotopic (exact) mass is 338 g/mol. The van der Waals surface area contributed by atoms with E-state index in [1.807, 2.05) is 68.1 Å². The second-order valence-electron chi connectivity index (χ2n) is 5.81. The number of aliphatic imine (C=N–C) groups is 1. The smallest absolute Gasteiger partial charge is 0.237 e. The minimum absolute atomic E-state index is 0.0374. The number of benzene rings is 1. The highest BCUT2D eigenvalue weighted by Crippen LogP contribution is 2.20. The van der Waals surface area contributed by atoms with Crippen LogP contribution in [0.1, 0.15) is 33.1 Å². The van der Waals surface area contributed by atoms with Crippen LogP contribution in [-0.4, -0.2) is 17.4 Å². The standard InChI is InChI=1S/C20H22N2OS/c1-5-9-21-20(24)18(22-10-7-6-8-11-22)19(23)17-13-15(3)14(2)12-16(17)4/h5-8,10-13,18H,1,9H2,2-4H3/t18-/m1/s1. The number of carbonyl (C=O) groups is 1. The third kappa shape index (κ3) is 3.95. The van der Waals surface area contributed by atoms with Gasteiger partial charge in [-0.15, -0.1) is 6.58 Å². The van der Waals surface area contributed by atoms with Crippen molar-refractivity contribution in [1.29, 1.82) is 0 Å². The Kier molecular flexibility index (Phi) is 5.99. The second kappa shape index (κ2) is 7.97. The molecule has 0 saturated carbocycles. The van der Waals surface area contributed by atoms with Crippen LogP contribution in [0.15, 0.2) is 60.4 Å². The Hall–Kier alpha value is -2.33. The first-order valence-corrected chi connectivity index (χ1v) is 8.26. The number of hydrogen-bond acceptors (Lipinski definition) is 3. The molecule has 2 rings (SSSR count). The van der Waals surface area contributed by atoms with E-state index in [9.17, 15) is 4.79 Å². The Morgan fingerprint density at radius 3 is 2.42 bits per heavy atom. The maximum Gasteiger partial charge on any atom is 0.237 e. The molecule has 1 aromatic heterocycles. The molecule has 0 unspecified atom stereocenters. The van der Waals surface area contributed by atoms with Crippen LogP contribution in [0.3, 0.4) is 0 Å². The maximum absolute atomic E-state index is 13.2. The van der Waals surface area contributed by atoms with Crippen LogP contribution in [0.25, 0.3) is 0 Å². The zero-order valence-electron chi connectivity index (χ0n) is 14.3. The lowest BCUT2D eigenvalue weighted by molar-refractivity contribution is -0.691. The Morgan fingerprint density at radius 2 is 1.79 bits per heavy atom. The van der Waals surface area contributed by atoms with Crippen molar-refractivity contribution in [2.45, 2.75) is 26.8 Å². The van der Waals surface area contributed by atoms with Gasteiger partial charge in [-0.2, -0.15) is 4.57 Å². The van der Waals surface area contributed by atoms with Gasteiger partial charge in [-0.05, 0) is 48.6 Å². The van der Waals surface area contributed by atoms with Gasteiger partial charge in [0.05, 0.1) is 6.54 Å². The predicted molar refractivity (Wildman–Crippen MR) is 101 cm³/mol. The van der Waals surface area contributed by atoms with Crippen LogP contribution in [0.4, 0.5) is 0 Å². The zero-order valence-corrected chi connectivity index (χ0v) is 15.1. The van der Waals surface area contributed by atoms with Gasteiger partial charge in [0, 0.05) is 17.7 Å². The molecular weight excluding hydrogens is 316 g/mol. The van der Waals surface area contributed by atoms with E-state index < -0.39 is 6.04 Å². The van der Waals surface area contributed by atoms with Crippen molar-refractivity contribution in [3.8, 4) is 0 Å². The van der Waals surface area contributed by atoms with Gasteiger partial charge in [0.1, 0.15) is 0 Å². The number of rotatable bonds is 6. The number of ketones is 1. The summed E-state index contributed by atoms with van der Waals surface area (Å²) < 4.78 is 1.81. The molecule has 1 aromatic carbocycles. The molecule has 0 aliphatic carbocycles. The number of aromatic nitrogens is 1. The van der Waals surface area contributed by atoms with Crippen molar-refractivity contribution >= 4 is 23.5 Å². The van der Waals surface area contributed by atoms with Crippen molar-refractivity contribution < 1.29 is 9.36 Å². The molecule has 0 bridgehead atoms. The number of nitrogens with zero attached hydrogens (tertiary/aromatic N) is 2. The zero-order chi connectivity index (χ0) is 17.7. The third-order valence-electron chi connectivity index (χ3n) is 4.00. The molecule has 4 heteroatoms. The lowest BCUT2D eigenvalue weighted by Gasteiger charge is -2.19. The summed E-state index contributed by atoms with van der Waals surface area (Å²) >= 11 is 5.44. The quantitative estimate of drug-likeness (QED) is 0.202. The van der Waals surface area contributed by atoms with Crippen LogP contribution in [0.2, 0.25) is 0 Å². The molecule has 0 spiro atoms. The number of pyridine rings is 1. The van der Waals surface area contributed by atoms with Gasteiger partial charge in [-0.25, -0.2) is 0 Å². The molecule has 0 saturated heterocycles. The topological polar surface area (TPSA) is 33.3 Å². The van der Waals surface area contributed by atoms with Gasteiger partial charge in [0.2, 0.25) is 11.8 Å². The molecule has 1 heterocycles. The summed E-state index contributed by atoms with van der Waals surface area (Å²) in [5.74, 6) is -0.0374. The SMILES string of the molecule is C=CCN=C([S-])[C@@H](C(=O)c1cc(C)c(C)cc1C)[n+]1ccccc1. The Morgan fingerprint density at radius 1 is 1.17 bits per heavy atom. The third-order valence-corrected chi connectivity index (χ3v) is 4.35. The van der Waals surface area contributed by atoms with Gasteiger partial charge in [-0.1, -0.05) is 18.2 Å². The van der Waals surface area contributed by atoms with E-state index in [1.54, 1.807) is 6.08 Å². The first-order chi connectivity index (χ1) is 11.5. The van der Waals surface area contributed by atoms with Crippen molar-refractivity contribution in [2.24, 2.45) is 4.99 Å². The largest absolute Gasteiger partial charge is 0.758 e. The molecule has 3 nitrogen and oxygen atoms in total. The minimum Gasteiger partial charge on any atom is -0.758 e. The molecule has 0 radical (unpaired) electrons. The summed E-state index contributed by atoms with van der Waals surface area (Å²) in [4.78, 5) is 17.5. The van der Waals surface area contributed by atoms with Gasteiger partial charge < -0.3 is 17.6 Å². The molecule has 0 aliphatic heterocycles. The minimum atomic E-state index is -0.623. The van der Waals surface area contributed by atoms with Crippen molar-refractivity contribution in [2.75, 3.05) is 6.54 Å². The van der Waals surface area contributed by atoms with E-state index in [4.69, 9.17) is 12.6 Å². The molecule has 0 fully saturated rings. The van der Waals surface area contributed by atoms with Crippen molar-refractivity contribution in [3.63, 3.8) is 0 Å². The fraction of sp³-hybridized carbons (Fsp3) is 0.250. The lowest BCUT2D eigenvalue weighted by atomic mass is 9.95. The summed E-state index contributed by atoms with van der Waals surface area (Å²) in [6, 6.07) is 9.02. The van der Waals surface area contributed by atoms with Crippen molar-refractivity contribution in [3.05, 3.63) is 77.6 Å². The van der Waals surface area contributed by atoms with Gasteiger partial charge in [0.25, 0.3) is 0 Å². The van der Waals surface area contributed by atoms with E-state index in [2.05, 4.69) is 11.6 Å². The lowest BCUT2D eigenvalue weighted by Crippen LogP contribution is -2.47. The van der Waals surface area contributed by atoms with E-state index in [1.165, 1.54) is 5.56 Å². The summed E-state index contributed by atoms with van der Waals surface area (Å²) in [6.07, 6.45) is 5.36. The summed E-state index contributed by atoms with van der Waals surface area (Å²) in [7, 11) is 0. The molecule has 1 atom stereocenters. The highest BCUT2D eigenvalue weighted by atomic mass is 32.1. The molecule has 0 aliphatic rings. The highest BCUT2D eigenvalue weighted by molar-refractivity contribution is 7.77. The van der Waals surface area contributed by atoms with E-state index in [0.717, 1.165) is 11.1 Å². The average Bonchev–Trinajstić information content (AvgIpc) is 2.57. The fourth-order valence-corrected chi connectivity index (χ4v) is 2.88. The van der Waals surface area contributed by atoms with Crippen LogP contribution in [-0.2, 0) is 12.6 Å². The van der Waals surface area contributed by atoms with Gasteiger partial charge in [-0.3, -0.25) is 4.79 Å². The van der Waals surface area contributed by atoms with Gasteiger partial charge in [0.15, 0.2) is 12.4 Å². The van der Waals surface area contributed by atoms with E-state index in [-0.39, 0.29) is 5.78 Å². The molecule has 24 heavy (non-hydrogen) atoms. The predicted octanol–water partition coefficient (Wildman–Crippen LogP) is 3.45. The number of carbonyl (C=O) groups excluding carboxylic acids is 1. The maximum atomic E-state index is 13.2. The Balaban J connectivity index is 2.53. The Labute approximate surface area is 149 Å². The summed E-state index contributed by atoms with van der Waals surface area (Å²) in [5.41, 5.74) is 3.91. The van der Waals surface area contributed by atoms with Crippen LogP contribution in [0.5, 0.6) is 0 Å². The van der Waals surface area contributed by atoms with E-state index in [0.29, 0.717) is 17.2 Å². The summed E-state index contributed by atoms with van der Waals surface area (Å²) in [5, 5.41) is 0.369. The molecule has 124 valence electrons. The van der Waals surface area contributed by atoms with E-state index >= 15 is 0 Å². The second-order valence-corrected chi connectivity index (χ2v) is 6.23. The fourth-order valence-electron chi connectivity index (χ4n) is 2.57. The van der Waals surface area contributed by atoms with Crippen LogP contribution in [0, 0.1) is 20.8 Å². The normalized spacial score (nSPS) is 12.7. The van der Waals surface area contributed by atoms with Crippen LogP contribution >= 0.6 is 0 Å². The molecule has 0 N–H and O–H groups in total. The molecule has 0 amide bonds. The number of Topliss-reactive ketones (excluding diaryl/α,β-unsaturated/α-hetero) is 1. The number of hydrogen-bond donors (Lipinski definition) is 0. The molecular formula is C20H22N2OS. The van der Waals surface area contributed by atoms with Crippen LogP contribution < -0.4 is 4.57 Å². The number of aryl methyl sites for hydroxylation is 3. The van der Waals surface area contributed by atoms with Crippen molar-refractivity contribution in [1.82, 2.24) is 0 Å². The summed E-state index contributed by atoms with van der Waals surface area (Å²) in [6.45, 7) is 10.1. The van der Waals surface area contributed by atoms with Gasteiger partial charge >= 0.3 is 0 Å². The first kappa shape index (κ1) is 18.0. The highest BCUT2D eigenvalue weighted by Gasteiger charge is 2.29.